The van der Waals surface area contributed by atoms with Crippen LogP contribution < -0.4 is 26.8 Å². The molecule has 8 nitrogen and oxygen atoms in total. The number of carbonyl (C=O) groups excluding carboxylic acids is 2. The third-order valence-electron chi connectivity index (χ3n) is 2.34. The molecule has 0 radical (unpaired) electrons. The Labute approximate surface area is 116 Å². The number of hydrogen-bond donors (Lipinski definition) is 3. The van der Waals surface area contributed by atoms with Crippen molar-refractivity contribution in [2.45, 2.75) is 13.3 Å². The van der Waals surface area contributed by atoms with E-state index in [2.05, 4.69) is 4.98 Å². The number of primary amides is 2. The molecule has 1 heterocycles. The van der Waals surface area contributed by atoms with Gasteiger partial charge in [0.25, 0.3) is 0 Å². The molecule has 0 aliphatic heterocycles. The molecule has 2 amide bonds. The van der Waals surface area contributed by atoms with Gasteiger partial charge in [-0.05, 0) is 18.6 Å². The first kappa shape index (κ1) is 15.5. The summed E-state index contributed by atoms with van der Waals surface area (Å²) >= 11 is 0. The van der Waals surface area contributed by atoms with Gasteiger partial charge in [-0.2, -0.15) is 4.98 Å². The van der Waals surface area contributed by atoms with E-state index in [9.17, 15) is 9.59 Å². The molecule has 0 saturated carbocycles. The molecule has 0 bridgehead atoms. The van der Waals surface area contributed by atoms with Crippen molar-refractivity contribution in [2.75, 3.05) is 30.3 Å². The molecular formula is C12H19N5O3. The topological polar surface area (TPSA) is 138 Å². The molecule has 0 aliphatic carbocycles. The van der Waals surface area contributed by atoms with E-state index >= 15 is 0 Å². The number of ether oxygens (including phenoxy) is 1. The van der Waals surface area contributed by atoms with E-state index in [0.717, 1.165) is 6.42 Å². The van der Waals surface area contributed by atoms with Crippen LogP contribution in [0.25, 0.3) is 0 Å². The Morgan fingerprint density at radius 3 is 2.35 bits per heavy atom. The van der Waals surface area contributed by atoms with Crippen LogP contribution in [-0.4, -0.2) is 36.5 Å². The van der Waals surface area contributed by atoms with E-state index in [1.54, 1.807) is 12.1 Å². The molecule has 1 rings (SSSR count). The summed E-state index contributed by atoms with van der Waals surface area (Å²) in [5, 5.41) is 0. The maximum absolute atomic E-state index is 11.0. The molecule has 1 aromatic rings. The third kappa shape index (κ3) is 4.63. The average molecular weight is 281 g/mol. The van der Waals surface area contributed by atoms with Gasteiger partial charge in [-0.15, -0.1) is 0 Å². The minimum Gasteiger partial charge on any atom is -0.476 e. The number of carbonyl (C=O) groups is 2. The van der Waals surface area contributed by atoms with Gasteiger partial charge in [0.2, 0.25) is 17.7 Å². The van der Waals surface area contributed by atoms with Crippen molar-refractivity contribution in [1.29, 1.82) is 0 Å². The zero-order valence-electron chi connectivity index (χ0n) is 11.3. The number of nitrogen functional groups attached to an aromatic ring is 1. The molecule has 110 valence electrons. The second-order valence-corrected chi connectivity index (χ2v) is 4.20. The smallest absolute Gasteiger partial charge is 0.239 e. The van der Waals surface area contributed by atoms with Crippen molar-refractivity contribution in [3.8, 4) is 5.88 Å². The van der Waals surface area contributed by atoms with E-state index < -0.39 is 11.8 Å². The number of anilines is 2. The van der Waals surface area contributed by atoms with Gasteiger partial charge in [0.1, 0.15) is 5.82 Å². The predicted octanol–water partition coefficient (Wildman–Crippen LogP) is -0.770. The van der Waals surface area contributed by atoms with Crippen molar-refractivity contribution in [2.24, 2.45) is 11.5 Å². The molecule has 1 aromatic heterocycles. The fourth-order valence-electron chi connectivity index (χ4n) is 1.53. The summed E-state index contributed by atoms with van der Waals surface area (Å²) in [4.78, 5) is 27.6. The molecule has 6 N–H and O–H groups in total. The summed E-state index contributed by atoms with van der Waals surface area (Å²) in [7, 11) is 0. The minimum atomic E-state index is -0.596. The van der Waals surface area contributed by atoms with Gasteiger partial charge in [-0.1, -0.05) is 6.92 Å². The minimum absolute atomic E-state index is 0.174. The molecule has 20 heavy (non-hydrogen) atoms. The lowest BCUT2D eigenvalue weighted by atomic mass is 10.3. The summed E-state index contributed by atoms with van der Waals surface area (Å²) in [5.41, 5.74) is 16.4. The second-order valence-electron chi connectivity index (χ2n) is 4.20. The zero-order chi connectivity index (χ0) is 15.1. The van der Waals surface area contributed by atoms with Crippen LogP contribution in [0.5, 0.6) is 5.88 Å². The number of nitrogens with two attached hydrogens (primary N) is 3. The third-order valence-corrected chi connectivity index (χ3v) is 2.34. The van der Waals surface area contributed by atoms with Crippen LogP contribution in [0.1, 0.15) is 13.3 Å². The number of hydrogen-bond acceptors (Lipinski definition) is 6. The summed E-state index contributed by atoms with van der Waals surface area (Å²) in [6.07, 6.45) is 0.803. The molecular weight excluding hydrogens is 262 g/mol. The largest absolute Gasteiger partial charge is 0.476 e. The van der Waals surface area contributed by atoms with Crippen LogP contribution in [0.3, 0.4) is 0 Å². The molecule has 0 saturated heterocycles. The van der Waals surface area contributed by atoms with Crippen LogP contribution in [0.15, 0.2) is 12.1 Å². The second kappa shape index (κ2) is 7.17. The molecule has 0 aromatic carbocycles. The van der Waals surface area contributed by atoms with Crippen molar-refractivity contribution in [3.63, 3.8) is 0 Å². The lowest BCUT2D eigenvalue weighted by Gasteiger charge is -2.21. The molecule has 0 fully saturated rings. The van der Waals surface area contributed by atoms with Gasteiger partial charge < -0.3 is 26.8 Å². The SMILES string of the molecule is CCCOc1nc(N(CC(N)=O)CC(N)=O)ccc1N. The first-order valence-corrected chi connectivity index (χ1v) is 6.15. The van der Waals surface area contributed by atoms with Gasteiger partial charge >= 0.3 is 0 Å². The Kier molecular flexibility index (Phi) is 5.57. The monoisotopic (exact) mass is 281 g/mol. The predicted molar refractivity (Wildman–Crippen MR) is 75.0 cm³/mol. The Morgan fingerprint density at radius 2 is 1.85 bits per heavy atom. The van der Waals surface area contributed by atoms with E-state index in [4.69, 9.17) is 21.9 Å². The van der Waals surface area contributed by atoms with Gasteiger partial charge in [0.05, 0.1) is 25.4 Å². The van der Waals surface area contributed by atoms with Gasteiger partial charge in [0.15, 0.2) is 0 Å². The lowest BCUT2D eigenvalue weighted by Crippen LogP contribution is -2.40. The maximum Gasteiger partial charge on any atom is 0.239 e. The lowest BCUT2D eigenvalue weighted by molar-refractivity contribution is -0.117. The molecule has 0 aliphatic rings. The van der Waals surface area contributed by atoms with E-state index in [-0.39, 0.29) is 19.0 Å². The van der Waals surface area contributed by atoms with E-state index in [1.807, 2.05) is 6.92 Å². The fourth-order valence-corrected chi connectivity index (χ4v) is 1.53. The highest BCUT2D eigenvalue weighted by atomic mass is 16.5. The fraction of sp³-hybridized carbons (Fsp3) is 0.417. The first-order valence-electron chi connectivity index (χ1n) is 6.15. The van der Waals surface area contributed by atoms with Crippen LogP contribution in [-0.2, 0) is 9.59 Å². The Morgan fingerprint density at radius 1 is 1.25 bits per heavy atom. The Hall–Kier alpha value is -2.51. The van der Waals surface area contributed by atoms with Crippen molar-refractivity contribution in [3.05, 3.63) is 12.1 Å². The van der Waals surface area contributed by atoms with Gasteiger partial charge in [0, 0.05) is 0 Å². The molecule has 0 atom stereocenters. The van der Waals surface area contributed by atoms with E-state index in [0.29, 0.717) is 18.1 Å². The van der Waals surface area contributed by atoms with Crippen LogP contribution >= 0.6 is 0 Å². The van der Waals surface area contributed by atoms with Crippen LogP contribution in [0, 0.1) is 0 Å². The van der Waals surface area contributed by atoms with Gasteiger partial charge in [-0.25, -0.2) is 0 Å². The number of rotatable bonds is 8. The summed E-state index contributed by atoms with van der Waals surface area (Å²) in [5.74, 6) is -0.590. The number of amides is 2. The highest BCUT2D eigenvalue weighted by Crippen LogP contribution is 2.23. The quantitative estimate of drug-likeness (QED) is 0.572. The molecule has 0 unspecified atom stereocenters. The number of nitrogens with zero attached hydrogens (tertiary/aromatic N) is 2. The molecule has 0 spiro atoms. The summed E-state index contributed by atoms with van der Waals surface area (Å²) < 4.78 is 5.39. The molecule has 8 heteroatoms. The Bertz CT molecular complexity index is 476. The normalized spacial score (nSPS) is 10.1. The van der Waals surface area contributed by atoms with Gasteiger partial charge in [-0.3, -0.25) is 9.59 Å². The first-order chi connectivity index (χ1) is 9.43. The highest BCUT2D eigenvalue weighted by Gasteiger charge is 2.15. The van der Waals surface area contributed by atoms with E-state index in [1.165, 1.54) is 4.90 Å². The zero-order valence-corrected chi connectivity index (χ0v) is 11.3. The maximum atomic E-state index is 11.0. The number of pyridine rings is 1. The van der Waals surface area contributed by atoms with Crippen molar-refractivity contribution in [1.82, 2.24) is 4.98 Å². The summed E-state index contributed by atoms with van der Waals surface area (Å²) in [6.45, 7) is 2.07. The van der Waals surface area contributed by atoms with Crippen LogP contribution in [0.4, 0.5) is 11.5 Å². The standard InChI is InChI=1S/C12H19N5O3/c1-2-5-20-12-8(13)3-4-11(16-12)17(6-9(14)18)7-10(15)19/h3-4H,2,5-7,13H2,1H3,(H2,14,18)(H2,15,19). The average Bonchev–Trinajstić information content (AvgIpc) is 2.36. The van der Waals surface area contributed by atoms with Crippen molar-refractivity contribution >= 4 is 23.3 Å². The highest BCUT2D eigenvalue weighted by molar-refractivity contribution is 5.84. The van der Waals surface area contributed by atoms with Crippen LogP contribution in [0.2, 0.25) is 0 Å². The Balaban J connectivity index is 2.99. The number of aromatic nitrogens is 1. The van der Waals surface area contributed by atoms with Crippen molar-refractivity contribution < 1.29 is 14.3 Å². The summed E-state index contributed by atoms with van der Waals surface area (Å²) in [6, 6.07) is 3.16.